The molecule has 1 fully saturated rings. The van der Waals surface area contributed by atoms with E-state index in [1.165, 1.54) is 4.90 Å². The lowest BCUT2D eigenvalue weighted by atomic mass is 10.2. The van der Waals surface area contributed by atoms with Crippen molar-refractivity contribution >= 4 is 39.1 Å². The van der Waals surface area contributed by atoms with Gasteiger partial charge in [-0.3, -0.25) is 9.59 Å². The van der Waals surface area contributed by atoms with Gasteiger partial charge in [-0.05, 0) is 42.8 Å². The minimum Gasteiger partial charge on any atom is -0.506 e. The number of hydrogen-bond donors (Lipinski definition) is 4. The molecule has 8 heteroatoms. The van der Waals surface area contributed by atoms with Gasteiger partial charge in [-0.2, -0.15) is 0 Å². The van der Waals surface area contributed by atoms with Gasteiger partial charge >= 0.3 is 0 Å². The fourth-order valence-electron chi connectivity index (χ4n) is 3.40. The molecule has 2 aromatic rings. The molecule has 0 bridgehead atoms. The fourth-order valence-corrected chi connectivity index (χ4v) is 3.88. The van der Waals surface area contributed by atoms with Gasteiger partial charge in [0.05, 0.1) is 38.4 Å². The number of nitrogens with zero attached hydrogens (tertiary/aromatic N) is 1. The molecule has 0 atom stereocenters. The van der Waals surface area contributed by atoms with Crippen molar-refractivity contribution in [1.82, 2.24) is 5.32 Å². The van der Waals surface area contributed by atoms with Gasteiger partial charge in [0.1, 0.15) is 5.75 Å². The number of anilines is 2. The Kier molecular flexibility index (Phi) is 7.11. The number of nitrogens with one attached hydrogen (secondary N) is 3. The molecule has 1 heterocycles. The summed E-state index contributed by atoms with van der Waals surface area (Å²) >= 11 is 3.39. The Morgan fingerprint density at radius 1 is 1.14 bits per heavy atom. The largest absolute Gasteiger partial charge is 0.506 e. The second kappa shape index (κ2) is 9.76. The second-order valence-corrected chi connectivity index (χ2v) is 8.10. The molecule has 0 aromatic heterocycles. The number of para-hydroxylation sites is 2. The highest BCUT2D eigenvalue weighted by Crippen LogP contribution is 2.26. The van der Waals surface area contributed by atoms with Gasteiger partial charge in [-0.1, -0.05) is 28.1 Å². The lowest BCUT2D eigenvalue weighted by Crippen LogP contribution is -3.16. The molecular weight excluding hydrogens is 436 g/mol. The van der Waals surface area contributed by atoms with Crippen LogP contribution in [0.2, 0.25) is 0 Å². The number of rotatable bonds is 6. The number of halogens is 1. The summed E-state index contributed by atoms with van der Waals surface area (Å²) < 4.78 is 0.951. The van der Waals surface area contributed by atoms with E-state index in [0.717, 1.165) is 47.6 Å². The molecule has 7 nitrogen and oxygen atoms in total. The van der Waals surface area contributed by atoms with Crippen molar-refractivity contribution in [2.75, 3.05) is 49.5 Å². The van der Waals surface area contributed by atoms with Gasteiger partial charge in [0.25, 0.3) is 5.91 Å². The molecule has 0 spiro atoms. The lowest BCUT2D eigenvalue weighted by molar-refractivity contribution is -0.892. The molecule has 2 aromatic carbocycles. The van der Waals surface area contributed by atoms with Crippen molar-refractivity contribution in [3.8, 4) is 5.75 Å². The SMILES string of the molecule is Cc1cc(Br)ccc1NC(=O)CNC(=O)C[NH+]1CCN(c2ccccc2O)CC1. The first kappa shape index (κ1) is 21.1. The number of carbonyl (C=O) groups excluding carboxylic acids is 2. The van der Waals surface area contributed by atoms with Crippen LogP contribution in [0.25, 0.3) is 0 Å². The van der Waals surface area contributed by atoms with Gasteiger partial charge in [-0.15, -0.1) is 0 Å². The molecule has 3 rings (SSSR count). The number of carbonyl (C=O) groups is 2. The molecular formula is C21H26BrN4O3+. The molecule has 0 aliphatic carbocycles. The maximum absolute atomic E-state index is 12.2. The first-order chi connectivity index (χ1) is 13.9. The quantitative estimate of drug-likeness (QED) is 0.515. The predicted octanol–water partition coefficient (Wildman–Crippen LogP) is 0.923. The monoisotopic (exact) mass is 461 g/mol. The van der Waals surface area contributed by atoms with Crippen LogP contribution in [0.5, 0.6) is 5.75 Å². The minimum atomic E-state index is -0.247. The number of phenolic OH excluding ortho intramolecular Hbond substituents is 1. The number of aromatic hydroxyl groups is 1. The van der Waals surface area contributed by atoms with Crippen LogP contribution in [0.3, 0.4) is 0 Å². The summed E-state index contributed by atoms with van der Waals surface area (Å²) in [7, 11) is 0. The number of aryl methyl sites for hydroxylation is 1. The smallest absolute Gasteiger partial charge is 0.275 e. The average molecular weight is 462 g/mol. The number of hydrogen-bond acceptors (Lipinski definition) is 4. The maximum Gasteiger partial charge on any atom is 0.275 e. The zero-order chi connectivity index (χ0) is 20.8. The Morgan fingerprint density at radius 3 is 2.55 bits per heavy atom. The van der Waals surface area contributed by atoms with E-state index >= 15 is 0 Å². The van der Waals surface area contributed by atoms with Gasteiger partial charge in [0, 0.05) is 10.2 Å². The molecule has 4 N–H and O–H groups in total. The topological polar surface area (TPSA) is 86.1 Å². The van der Waals surface area contributed by atoms with Crippen LogP contribution >= 0.6 is 15.9 Å². The third kappa shape index (κ3) is 5.95. The average Bonchev–Trinajstić information content (AvgIpc) is 2.70. The number of quaternary nitrogens is 1. The molecule has 1 saturated heterocycles. The normalized spacial score (nSPS) is 14.5. The second-order valence-electron chi connectivity index (χ2n) is 7.19. The van der Waals surface area contributed by atoms with Crippen LogP contribution in [0.1, 0.15) is 5.56 Å². The first-order valence-electron chi connectivity index (χ1n) is 9.61. The van der Waals surface area contributed by atoms with E-state index in [-0.39, 0.29) is 24.1 Å². The summed E-state index contributed by atoms with van der Waals surface area (Å²) in [6, 6.07) is 12.9. The van der Waals surface area contributed by atoms with Crippen molar-refractivity contribution < 1.29 is 19.6 Å². The molecule has 1 aliphatic rings. The summed E-state index contributed by atoms with van der Waals surface area (Å²) in [6.07, 6.45) is 0. The summed E-state index contributed by atoms with van der Waals surface area (Å²) in [6.45, 7) is 5.33. The van der Waals surface area contributed by atoms with E-state index in [1.54, 1.807) is 12.1 Å². The lowest BCUT2D eigenvalue weighted by Gasteiger charge is -2.33. The van der Waals surface area contributed by atoms with E-state index in [4.69, 9.17) is 0 Å². The summed E-state index contributed by atoms with van der Waals surface area (Å²) in [5.74, 6) is -0.109. The van der Waals surface area contributed by atoms with E-state index in [2.05, 4.69) is 31.5 Å². The van der Waals surface area contributed by atoms with Crippen molar-refractivity contribution in [3.05, 3.63) is 52.5 Å². The molecule has 29 heavy (non-hydrogen) atoms. The predicted molar refractivity (Wildman–Crippen MR) is 116 cm³/mol. The van der Waals surface area contributed by atoms with E-state index < -0.39 is 0 Å². The Bertz CT molecular complexity index is 882. The molecule has 0 unspecified atom stereocenters. The van der Waals surface area contributed by atoms with E-state index in [0.29, 0.717) is 6.54 Å². The van der Waals surface area contributed by atoms with Crippen molar-refractivity contribution in [3.63, 3.8) is 0 Å². The standard InChI is InChI=1S/C21H25BrN4O3/c1-15-12-16(22)6-7-17(15)24-20(28)13-23-21(29)14-25-8-10-26(11-9-25)18-4-2-3-5-19(18)27/h2-7,12,27H,8-11,13-14H2,1H3,(H,23,29)(H,24,28)/p+1. The molecule has 2 amide bonds. The summed E-state index contributed by atoms with van der Waals surface area (Å²) in [5, 5.41) is 15.5. The highest BCUT2D eigenvalue weighted by Gasteiger charge is 2.23. The Morgan fingerprint density at radius 2 is 1.86 bits per heavy atom. The fraction of sp³-hybridized carbons (Fsp3) is 0.333. The zero-order valence-electron chi connectivity index (χ0n) is 16.4. The minimum absolute atomic E-state index is 0.0500. The molecule has 154 valence electrons. The van der Waals surface area contributed by atoms with Crippen LogP contribution in [-0.4, -0.2) is 56.2 Å². The van der Waals surface area contributed by atoms with Crippen LogP contribution in [0.15, 0.2) is 46.9 Å². The zero-order valence-corrected chi connectivity index (χ0v) is 18.0. The van der Waals surface area contributed by atoms with Crippen molar-refractivity contribution in [2.24, 2.45) is 0 Å². The van der Waals surface area contributed by atoms with Gasteiger partial charge in [0.2, 0.25) is 5.91 Å². The van der Waals surface area contributed by atoms with Crippen molar-refractivity contribution in [2.45, 2.75) is 6.92 Å². The molecule has 1 aliphatic heterocycles. The highest BCUT2D eigenvalue weighted by molar-refractivity contribution is 9.10. The van der Waals surface area contributed by atoms with Crippen LogP contribution < -0.4 is 20.4 Å². The Hall–Kier alpha value is -2.58. The van der Waals surface area contributed by atoms with E-state index in [9.17, 15) is 14.7 Å². The van der Waals surface area contributed by atoms with Crippen molar-refractivity contribution in [1.29, 1.82) is 0 Å². The third-order valence-electron chi connectivity index (χ3n) is 5.01. The Balaban J connectivity index is 1.40. The number of amides is 2. The first-order valence-corrected chi connectivity index (χ1v) is 10.4. The van der Waals surface area contributed by atoms with Crippen LogP contribution in [0.4, 0.5) is 11.4 Å². The maximum atomic E-state index is 12.2. The number of piperazine rings is 1. The van der Waals surface area contributed by atoms with Crippen LogP contribution in [0, 0.1) is 6.92 Å². The van der Waals surface area contributed by atoms with Gasteiger partial charge < -0.3 is 25.5 Å². The number of phenols is 1. The van der Waals surface area contributed by atoms with Gasteiger partial charge in [-0.25, -0.2) is 0 Å². The Labute approximate surface area is 178 Å². The number of benzene rings is 2. The van der Waals surface area contributed by atoms with Gasteiger partial charge in [0.15, 0.2) is 6.54 Å². The van der Waals surface area contributed by atoms with E-state index in [1.807, 2.05) is 37.3 Å². The highest BCUT2D eigenvalue weighted by atomic mass is 79.9. The third-order valence-corrected chi connectivity index (χ3v) is 5.51. The molecule has 0 saturated carbocycles. The molecule has 0 radical (unpaired) electrons. The summed E-state index contributed by atoms with van der Waals surface area (Å²) in [4.78, 5) is 27.6. The summed E-state index contributed by atoms with van der Waals surface area (Å²) in [5.41, 5.74) is 2.51. The van der Waals surface area contributed by atoms with Crippen LogP contribution in [-0.2, 0) is 9.59 Å².